The van der Waals surface area contributed by atoms with Gasteiger partial charge < -0.3 is 5.11 Å². The van der Waals surface area contributed by atoms with E-state index in [2.05, 4.69) is 4.98 Å². The lowest BCUT2D eigenvalue weighted by molar-refractivity contribution is -0.227. The van der Waals surface area contributed by atoms with E-state index in [4.69, 9.17) is 5.11 Å². The van der Waals surface area contributed by atoms with Crippen molar-refractivity contribution in [3.8, 4) is 0 Å². The highest BCUT2D eigenvalue weighted by atomic mass is 19.4. The average molecular weight is 288 g/mol. The third-order valence-corrected chi connectivity index (χ3v) is 3.79. The molecular formula is C13H15F3N2O2. The minimum absolute atomic E-state index is 0.0990. The van der Waals surface area contributed by atoms with Gasteiger partial charge in [0, 0.05) is 25.8 Å². The van der Waals surface area contributed by atoms with E-state index in [1.807, 2.05) is 13.0 Å². The Morgan fingerprint density at radius 2 is 2.25 bits per heavy atom. The van der Waals surface area contributed by atoms with Crippen LogP contribution in [0.1, 0.15) is 17.7 Å². The molecule has 1 aromatic rings. The lowest BCUT2D eigenvalue weighted by Gasteiger charge is -2.27. The molecule has 4 nitrogen and oxygen atoms in total. The van der Waals surface area contributed by atoms with E-state index in [0.717, 1.165) is 5.56 Å². The van der Waals surface area contributed by atoms with Crippen LogP contribution in [0.2, 0.25) is 0 Å². The molecule has 0 aromatic carbocycles. The number of carboxylic acids is 1. The topological polar surface area (TPSA) is 53.4 Å². The predicted octanol–water partition coefficient (Wildman–Crippen LogP) is 2.23. The molecule has 0 radical (unpaired) electrons. The lowest BCUT2D eigenvalue weighted by atomic mass is 9.86. The third-order valence-electron chi connectivity index (χ3n) is 3.79. The van der Waals surface area contributed by atoms with Crippen LogP contribution in [0.25, 0.3) is 0 Å². The molecular weight excluding hydrogens is 273 g/mol. The number of rotatable bonds is 3. The monoisotopic (exact) mass is 288 g/mol. The van der Waals surface area contributed by atoms with E-state index in [0.29, 0.717) is 5.69 Å². The average Bonchev–Trinajstić information content (AvgIpc) is 2.77. The molecule has 20 heavy (non-hydrogen) atoms. The Labute approximate surface area is 114 Å². The number of alkyl halides is 3. The summed E-state index contributed by atoms with van der Waals surface area (Å²) >= 11 is 0. The number of aliphatic carboxylic acids is 1. The van der Waals surface area contributed by atoms with E-state index >= 15 is 0 Å². The summed E-state index contributed by atoms with van der Waals surface area (Å²) in [6.45, 7) is 1.63. The van der Waals surface area contributed by atoms with Crippen LogP contribution in [0.5, 0.6) is 0 Å². The summed E-state index contributed by atoms with van der Waals surface area (Å²) < 4.78 is 39.1. The first-order chi connectivity index (χ1) is 9.26. The third kappa shape index (κ3) is 2.49. The largest absolute Gasteiger partial charge is 0.481 e. The fourth-order valence-corrected chi connectivity index (χ4v) is 2.45. The molecule has 7 heteroatoms. The van der Waals surface area contributed by atoms with Crippen molar-refractivity contribution in [1.82, 2.24) is 9.88 Å². The molecule has 2 heterocycles. The second-order valence-electron chi connectivity index (χ2n) is 5.11. The zero-order valence-corrected chi connectivity index (χ0v) is 10.9. The molecule has 2 rings (SSSR count). The highest BCUT2D eigenvalue weighted by Gasteiger charge is 2.63. The standard InChI is InChI=1S/C13H15F3N2O2/c1-9-3-2-5-17-10(9)7-18-6-4-12(8-18,11(19)20)13(14,15)16/h2-3,5H,4,6-8H2,1H3,(H,19,20). The molecule has 0 aliphatic carbocycles. The van der Waals surface area contributed by atoms with Crippen LogP contribution in [0, 0.1) is 12.3 Å². The molecule has 0 bridgehead atoms. The van der Waals surface area contributed by atoms with Gasteiger partial charge in [-0.2, -0.15) is 13.2 Å². The molecule has 1 atom stereocenters. The van der Waals surface area contributed by atoms with Crippen molar-refractivity contribution in [1.29, 1.82) is 0 Å². The van der Waals surface area contributed by atoms with Crippen LogP contribution < -0.4 is 0 Å². The number of pyridine rings is 1. The van der Waals surface area contributed by atoms with Crippen LogP contribution in [0.3, 0.4) is 0 Å². The Balaban J connectivity index is 2.16. The smallest absolute Gasteiger partial charge is 0.406 e. The van der Waals surface area contributed by atoms with Gasteiger partial charge in [0.25, 0.3) is 0 Å². The van der Waals surface area contributed by atoms with E-state index < -0.39 is 30.5 Å². The molecule has 1 aliphatic rings. The van der Waals surface area contributed by atoms with Gasteiger partial charge in [-0.1, -0.05) is 6.07 Å². The van der Waals surface area contributed by atoms with Crippen LogP contribution in [-0.4, -0.2) is 40.2 Å². The fourth-order valence-electron chi connectivity index (χ4n) is 2.45. The SMILES string of the molecule is Cc1cccnc1CN1CCC(C(=O)O)(C(F)(F)F)C1. The summed E-state index contributed by atoms with van der Waals surface area (Å²) in [6, 6.07) is 3.58. The molecule has 0 spiro atoms. The van der Waals surface area contributed by atoms with Gasteiger partial charge in [-0.3, -0.25) is 14.7 Å². The molecule has 0 saturated carbocycles. The maximum absolute atomic E-state index is 13.0. The molecule has 1 saturated heterocycles. The normalized spacial score (nSPS) is 24.0. The quantitative estimate of drug-likeness (QED) is 0.926. The van der Waals surface area contributed by atoms with Gasteiger partial charge in [-0.15, -0.1) is 0 Å². The predicted molar refractivity (Wildman–Crippen MR) is 65.0 cm³/mol. The van der Waals surface area contributed by atoms with E-state index in [9.17, 15) is 18.0 Å². The second kappa shape index (κ2) is 5.05. The first-order valence-corrected chi connectivity index (χ1v) is 6.19. The number of nitrogens with zero attached hydrogens (tertiary/aromatic N) is 2. The van der Waals surface area contributed by atoms with E-state index in [-0.39, 0.29) is 13.1 Å². The van der Waals surface area contributed by atoms with Crippen LogP contribution >= 0.6 is 0 Å². The maximum atomic E-state index is 13.0. The van der Waals surface area contributed by atoms with Gasteiger partial charge >= 0.3 is 12.1 Å². The Morgan fingerprint density at radius 1 is 1.55 bits per heavy atom. The maximum Gasteiger partial charge on any atom is 0.406 e. The van der Waals surface area contributed by atoms with Gasteiger partial charge in [0.05, 0.1) is 5.69 Å². The summed E-state index contributed by atoms with van der Waals surface area (Å²) in [5.74, 6) is -1.80. The van der Waals surface area contributed by atoms with Crippen molar-refractivity contribution in [3.63, 3.8) is 0 Å². The molecule has 1 aliphatic heterocycles. The highest BCUT2D eigenvalue weighted by Crippen LogP contribution is 2.45. The molecule has 0 amide bonds. The number of halogens is 3. The lowest BCUT2D eigenvalue weighted by Crippen LogP contribution is -2.47. The Kier molecular flexibility index (Phi) is 3.73. The molecule has 1 unspecified atom stereocenters. The number of hydrogen-bond acceptors (Lipinski definition) is 3. The molecule has 1 aromatic heterocycles. The summed E-state index contributed by atoms with van der Waals surface area (Å²) in [5, 5.41) is 8.98. The summed E-state index contributed by atoms with van der Waals surface area (Å²) in [7, 11) is 0. The van der Waals surface area contributed by atoms with Gasteiger partial charge in [0.2, 0.25) is 0 Å². The zero-order chi connectivity index (χ0) is 15.0. The molecule has 110 valence electrons. The summed E-state index contributed by atoms with van der Waals surface area (Å²) in [5.41, 5.74) is -1.10. The molecule has 1 fully saturated rings. The van der Waals surface area contributed by atoms with E-state index in [1.54, 1.807) is 12.3 Å². The van der Waals surface area contributed by atoms with Crippen molar-refractivity contribution in [2.24, 2.45) is 5.41 Å². The minimum atomic E-state index is -4.74. The molecule has 1 N–H and O–H groups in total. The summed E-state index contributed by atoms with van der Waals surface area (Å²) in [4.78, 5) is 16.7. The Morgan fingerprint density at radius 3 is 2.75 bits per heavy atom. The first-order valence-electron chi connectivity index (χ1n) is 6.19. The van der Waals surface area contributed by atoms with Crippen LogP contribution in [-0.2, 0) is 11.3 Å². The number of carboxylic acid groups (broad SMARTS) is 1. The van der Waals surface area contributed by atoms with Gasteiger partial charge in [-0.25, -0.2) is 0 Å². The Bertz CT molecular complexity index is 519. The zero-order valence-electron chi connectivity index (χ0n) is 10.9. The number of aromatic nitrogens is 1. The van der Waals surface area contributed by atoms with Crippen molar-refractivity contribution in [2.45, 2.75) is 26.1 Å². The van der Waals surface area contributed by atoms with Crippen molar-refractivity contribution < 1.29 is 23.1 Å². The Hall–Kier alpha value is -1.63. The van der Waals surface area contributed by atoms with Gasteiger partial charge in [0.15, 0.2) is 5.41 Å². The van der Waals surface area contributed by atoms with Gasteiger partial charge in [0.1, 0.15) is 0 Å². The highest BCUT2D eigenvalue weighted by molar-refractivity contribution is 5.76. The van der Waals surface area contributed by atoms with Crippen LogP contribution in [0.15, 0.2) is 18.3 Å². The van der Waals surface area contributed by atoms with Crippen molar-refractivity contribution >= 4 is 5.97 Å². The number of carbonyl (C=O) groups is 1. The van der Waals surface area contributed by atoms with Crippen molar-refractivity contribution in [2.75, 3.05) is 13.1 Å². The fraction of sp³-hybridized carbons (Fsp3) is 0.538. The second-order valence-corrected chi connectivity index (χ2v) is 5.11. The number of hydrogen-bond donors (Lipinski definition) is 1. The van der Waals surface area contributed by atoms with Crippen molar-refractivity contribution in [3.05, 3.63) is 29.6 Å². The minimum Gasteiger partial charge on any atom is -0.481 e. The van der Waals surface area contributed by atoms with Gasteiger partial charge in [-0.05, 0) is 25.0 Å². The van der Waals surface area contributed by atoms with E-state index in [1.165, 1.54) is 4.90 Å². The summed E-state index contributed by atoms with van der Waals surface area (Å²) in [6.07, 6.45) is -3.59. The first kappa shape index (κ1) is 14.8. The number of likely N-dealkylation sites (tertiary alicyclic amines) is 1. The van der Waals surface area contributed by atoms with Crippen LogP contribution in [0.4, 0.5) is 13.2 Å². The number of aryl methyl sites for hydroxylation is 1.